The van der Waals surface area contributed by atoms with E-state index in [1.54, 1.807) is 18.4 Å². The maximum Gasteiger partial charge on any atom is 0.341 e. The van der Waals surface area contributed by atoms with Crippen molar-refractivity contribution in [3.05, 3.63) is 52.7 Å². The summed E-state index contributed by atoms with van der Waals surface area (Å²) < 4.78 is 12.3. The number of thioether (sulfide) groups is 1. The van der Waals surface area contributed by atoms with Crippen molar-refractivity contribution in [1.82, 2.24) is 14.8 Å². The molecule has 4 aromatic rings. The van der Waals surface area contributed by atoms with E-state index in [1.807, 2.05) is 51.7 Å². The summed E-state index contributed by atoms with van der Waals surface area (Å²) in [6, 6.07) is 11.3. The van der Waals surface area contributed by atoms with Crippen LogP contribution in [0.3, 0.4) is 0 Å². The van der Waals surface area contributed by atoms with Gasteiger partial charge in [0.15, 0.2) is 11.0 Å². The number of nitrogens with one attached hydrogen (secondary N) is 1. The van der Waals surface area contributed by atoms with Crippen molar-refractivity contribution in [3.8, 4) is 27.6 Å². The first kappa shape index (κ1) is 25.0. The summed E-state index contributed by atoms with van der Waals surface area (Å²) in [5.74, 6) is 0.894. The lowest BCUT2D eigenvalue weighted by Gasteiger charge is -2.09. The minimum Gasteiger partial charge on any atom is -0.497 e. The standard InChI is InChI=1S/C24H24N4O4S3/c1-4-11-28-21(18-6-5-12-33-18)26-27-24(28)35-14-19(29)25-22-20(23(30)32-3)17(13-34-22)15-7-9-16(31-2)10-8-15/h5-10,12-13H,4,11,14H2,1-3H3,(H,25,29). The summed E-state index contributed by atoms with van der Waals surface area (Å²) in [6.45, 7) is 2.84. The van der Waals surface area contributed by atoms with Gasteiger partial charge in [-0.25, -0.2) is 4.79 Å². The number of esters is 1. The number of ether oxygens (including phenoxy) is 2. The van der Waals surface area contributed by atoms with Crippen LogP contribution in [0.2, 0.25) is 0 Å². The van der Waals surface area contributed by atoms with Gasteiger partial charge < -0.3 is 19.4 Å². The second kappa shape index (κ2) is 11.5. The number of aromatic nitrogens is 3. The Labute approximate surface area is 215 Å². The lowest BCUT2D eigenvalue weighted by molar-refractivity contribution is -0.113. The molecule has 182 valence electrons. The number of hydrogen-bond acceptors (Lipinski definition) is 9. The molecule has 0 aliphatic rings. The van der Waals surface area contributed by atoms with Crippen molar-refractivity contribution in [3.63, 3.8) is 0 Å². The first-order valence-electron chi connectivity index (χ1n) is 10.8. The summed E-state index contributed by atoms with van der Waals surface area (Å²) in [6.07, 6.45) is 0.919. The Morgan fingerprint density at radius 2 is 1.91 bits per heavy atom. The van der Waals surface area contributed by atoms with E-state index in [0.717, 1.165) is 29.2 Å². The molecule has 0 unspecified atom stereocenters. The molecule has 0 aliphatic heterocycles. The third-order valence-corrected chi connectivity index (χ3v) is 7.80. The minimum atomic E-state index is -0.511. The van der Waals surface area contributed by atoms with Crippen LogP contribution in [0, 0.1) is 0 Å². The maximum absolute atomic E-state index is 12.8. The molecule has 0 radical (unpaired) electrons. The predicted octanol–water partition coefficient (Wildman–Crippen LogP) is 5.67. The largest absolute Gasteiger partial charge is 0.497 e. The molecule has 0 spiro atoms. The first-order valence-corrected chi connectivity index (χ1v) is 13.5. The van der Waals surface area contributed by atoms with Crippen LogP contribution in [-0.4, -0.2) is 46.6 Å². The minimum absolute atomic E-state index is 0.128. The van der Waals surface area contributed by atoms with Crippen molar-refractivity contribution >= 4 is 51.3 Å². The molecule has 35 heavy (non-hydrogen) atoms. The van der Waals surface area contributed by atoms with Gasteiger partial charge in [0.1, 0.15) is 16.3 Å². The average Bonchev–Trinajstić information content (AvgIpc) is 3.63. The Kier molecular flexibility index (Phi) is 8.21. The van der Waals surface area contributed by atoms with Crippen molar-refractivity contribution in [2.45, 2.75) is 25.0 Å². The van der Waals surface area contributed by atoms with Crippen LogP contribution in [0.15, 0.2) is 52.3 Å². The van der Waals surface area contributed by atoms with Gasteiger partial charge in [-0.3, -0.25) is 4.79 Å². The Hall–Kier alpha value is -3.15. The third-order valence-electron chi connectivity index (χ3n) is 5.07. The molecule has 1 amide bonds. The van der Waals surface area contributed by atoms with Gasteiger partial charge in [-0.2, -0.15) is 0 Å². The van der Waals surface area contributed by atoms with Crippen LogP contribution in [0.1, 0.15) is 23.7 Å². The van der Waals surface area contributed by atoms with E-state index in [0.29, 0.717) is 27.0 Å². The number of anilines is 1. The van der Waals surface area contributed by atoms with Gasteiger partial charge in [0.05, 0.1) is 24.8 Å². The summed E-state index contributed by atoms with van der Waals surface area (Å²) in [7, 11) is 2.92. The lowest BCUT2D eigenvalue weighted by Crippen LogP contribution is -2.16. The van der Waals surface area contributed by atoms with Crippen LogP contribution in [0.4, 0.5) is 5.00 Å². The highest BCUT2D eigenvalue weighted by molar-refractivity contribution is 7.99. The van der Waals surface area contributed by atoms with Crippen molar-refractivity contribution < 1.29 is 19.1 Å². The average molecular weight is 529 g/mol. The second-order valence-electron chi connectivity index (χ2n) is 7.35. The molecular weight excluding hydrogens is 504 g/mol. The topological polar surface area (TPSA) is 95.3 Å². The number of nitrogens with zero attached hydrogens (tertiary/aromatic N) is 3. The zero-order valence-corrected chi connectivity index (χ0v) is 21.9. The number of carbonyl (C=O) groups excluding carboxylic acids is 2. The molecule has 0 aliphatic carbocycles. The first-order chi connectivity index (χ1) is 17.0. The molecule has 0 saturated heterocycles. The summed E-state index contributed by atoms with van der Waals surface area (Å²) in [5, 5.41) is 16.5. The molecule has 0 bridgehead atoms. The number of thiophene rings is 2. The van der Waals surface area contributed by atoms with Crippen LogP contribution in [0.25, 0.3) is 21.8 Å². The third kappa shape index (κ3) is 5.58. The van der Waals surface area contributed by atoms with Crippen LogP contribution >= 0.6 is 34.4 Å². The molecule has 3 heterocycles. The molecule has 8 nitrogen and oxygen atoms in total. The Morgan fingerprint density at radius 1 is 1.11 bits per heavy atom. The summed E-state index contributed by atoms with van der Waals surface area (Å²) >= 11 is 4.20. The molecule has 11 heteroatoms. The van der Waals surface area contributed by atoms with E-state index in [4.69, 9.17) is 9.47 Å². The Morgan fingerprint density at radius 3 is 2.57 bits per heavy atom. The monoisotopic (exact) mass is 528 g/mol. The van der Waals surface area contributed by atoms with Gasteiger partial charge in [0.2, 0.25) is 5.91 Å². The van der Waals surface area contributed by atoms with E-state index < -0.39 is 5.97 Å². The quantitative estimate of drug-likeness (QED) is 0.209. The SMILES string of the molecule is CCCn1c(SCC(=O)Nc2scc(-c3ccc(OC)cc3)c2C(=O)OC)nnc1-c1cccs1. The van der Waals surface area contributed by atoms with Gasteiger partial charge in [0, 0.05) is 17.5 Å². The van der Waals surface area contributed by atoms with E-state index in [1.165, 1.54) is 30.2 Å². The van der Waals surface area contributed by atoms with Gasteiger partial charge in [-0.05, 0) is 35.6 Å². The van der Waals surface area contributed by atoms with E-state index in [2.05, 4.69) is 22.4 Å². The highest BCUT2D eigenvalue weighted by Gasteiger charge is 2.23. The lowest BCUT2D eigenvalue weighted by atomic mass is 10.0. The number of benzene rings is 1. The van der Waals surface area contributed by atoms with Crippen LogP contribution in [-0.2, 0) is 16.1 Å². The number of hydrogen-bond donors (Lipinski definition) is 1. The zero-order valence-electron chi connectivity index (χ0n) is 19.4. The fourth-order valence-corrected chi connectivity index (χ4v) is 5.89. The number of rotatable bonds is 10. The van der Waals surface area contributed by atoms with Crippen molar-refractivity contribution in [1.29, 1.82) is 0 Å². The Balaban J connectivity index is 1.50. The van der Waals surface area contributed by atoms with Gasteiger partial charge in [0.25, 0.3) is 0 Å². The predicted molar refractivity (Wildman–Crippen MR) is 141 cm³/mol. The fourth-order valence-electron chi connectivity index (χ4n) is 3.44. The normalized spacial score (nSPS) is 10.8. The number of amides is 1. The molecule has 0 atom stereocenters. The smallest absolute Gasteiger partial charge is 0.341 e. The Bertz CT molecular complexity index is 1300. The van der Waals surface area contributed by atoms with E-state index in [9.17, 15) is 9.59 Å². The molecule has 1 N–H and O–H groups in total. The van der Waals surface area contributed by atoms with E-state index in [-0.39, 0.29) is 11.7 Å². The molecule has 3 aromatic heterocycles. The molecular formula is C24H24N4O4S3. The fraction of sp³-hybridized carbons (Fsp3) is 0.250. The molecule has 0 saturated carbocycles. The van der Waals surface area contributed by atoms with Crippen molar-refractivity contribution in [2.24, 2.45) is 0 Å². The molecule has 0 fully saturated rings. The number of carbonyl (C=O) groups is 2. The summed E-state index contributed by atoms with van der Waals surface area (Å²) in [5.41, 5.74) is 1.84. The van der Waals surface area contributed by atoms with E-state index >= 15 is 0 Å². The second-order valence-corrected chi connectivity index (χ2v) is 10.1. The van der Waals surface area contributed by atoms with Gasteiger partial charge in [-0.1, -0.05) is 36.9 Å². The van der Waals surface area contributed by atoms with Crippen LogP contribution in [0.5, 0.6) is 5.75 Å². The summed E-state index contributed by atoms with van der Waals surface area (Å²) in [4.78, 5) is 26.5. The number of methoxy groups -OCH3 is 2. The highest BCUT2D eigenvalue weighted by atomic mass is 32.2. The highest BCUT2D eigenvalue weighted by Crippen LogP contribution is 2.37. The zero-order chi connectivity index (χ0) is 24.8. The maximum atomic E-state index is 12.8. The van der Waals surface area contributed by atoms with Gasteiger partial charge >= 0.3 is 5.97 Å². The van der Waals surface area contributed by atoms with Gasteiger partial charge in [-0.15, -0.1) is 32.9 Å². The van der Waals surface area contributed by atoms with Crippen molar-refractivity contribution in [2.75, 3.05) is 25.3 Å². The molecule has 1 aromatic carbocycles. The molecule has 4 rings (SSSR count). The van der Waals surface area contributed by atoms with Crippen LogP contribution < -0.4 is 10.1 Å².